The van der Waals surface area contributed by atoms with E-state index in [0.29, 0.717) is 14.7 Å². The van der Waals surface area contributed by atoms with Crippen molar-refractivity contribution in [3.8, 4) is 10.4 Å². The number of benzene rings is 2. The van der Waals surface area contributed by atoms with Gasteiger partial charge in [0.05, 0.1) is 15.6 Å². The van der Waals surface area contributed by atoms with E-state index in [1.54, 1.807) is 6.07 Å². The highest BCUT2D eigenvalue weighted by Gasteiger charge is 2.23. The molecular weight excluding hydrogens is 411 g/mol. The van der Waals surface area contributed by atoms with Crippen molar-refractivity contribution in [2.45, 2.75) is 25.2 Å². The molecule has 0 bridgehead atoms. The predicted molar refractivity (Wildman–Crippen MR) is 117 cm³/mol. The summed E-state index contributed by atoms with van der Waals surface area (Å²) in [5.74, 6) is 1.02. The van der Waals surface area contributed by atoms with Gasteiger partial charge < -0.3 is 4.98 Å². The highest BCUT2D eigenvalue weighted by molar-refractivity contribution is 7.22. The molecular formula is C22H16Cl2N2OS. The van der Waals surface area contributed by atoms with Gasteiger partial charge in [-0.15, -0.1) is 11.3 Å². The van der Waals surface area contributed by atoms with E-state index in [4.69, 9.17) is 28.2 Å². The fourth-order valence-electron chi connectivity index (χ4n) is 3.87. The zero-order chi connectivity index (χ0) is 19.3. The van der Waals surface area contributed by atoms with Crippen LogP contribution in [-0.4, -0.2) is 9.97 Å². The molecule has 0 amide bonds. The first kappa shape index (κ1) is 17.9. The zero-order valence-corrected chi connectivity index (χ0v) is 17.2. The second-order valence-corrected chi connectivity index (χ2v) is 8.98. The summed E-state index contributed by atoms with van der Waals surface area (Å²) in [7, 11) is 0. The summed E-state index contributed by atoms with van der Waals surface area (Å²) in [5.41, 5.74) is 4.35. The molecule has 1 N–H and O–H groups in total. The van der Waals surface area contributed by atoms with Gasteiger partial charge >= 0.3 is 0 Å². The molecule has 4 aromatic rings. The first-order valence-electron chi connectivity index (χ1n) is 9.14. The van der Waals surface area contributed by atoms with Gasteiger partial charge in [-0.05, 0) is 54.2 Å². The Morgan fingerprint density at radius 2 is 1.86 bits per heavy atom. The summed E-state index contributed by atoms with van der Waals surface area (Å²) in [6, 6.07) is 16.0. The van der Waals surface area contributed by atoms with E-state index >= 15 is 0 Å². The fourth-order valence-corrected chi connectivity index (χ4v) is 5.16. The summed E-state index contributed by atoms with van der Waals surface area (Å²) < 4.78 is 0.640. The van der Waals surface area contributed by atoms with Crippen LogP contribution in [0.3, 0.4) is 0 Å². The molecule has 2 aromatic carbocycles. The van der Waals surface area contributed by atoms with Crippen LogP contribution in [0.4, 0.5) is 0 Å². The number of nitrogens with zero attached hydrogens (tertiary/aromatic N) is 1. The van der Waals surface area contributed by atoms with Crippen molar-refractivity contribution in [3.05, 3.63) is 85.9 Å². The van der Waals surface area contributed by atoms with Gasteiger partial charge in [0.2, 0.25) is 0 Å². The van der Waals surface area contributed by atoms with Gasteiger partial charge in [0.1, 0.15) is 10.5 Å². The average Bonchev–Trinajstić information content (AvgIpc) is 3.14. The average molecular weight is 427 g/mol. The van der Waals surface area contributed by atoms with E-state index in [-0.39, 0.29) is 11.5 Å². The van der Waals surface area contributed by atoms with Crippen molar-refractivity contribution < 1.29 is 0 Å². The lowest BCUT2D eigenvalue weighted by molar-refractivity contribution is 0.556. The number of aromatic nitrogens is 2. The van der Waals surface area contributed by atoms with Crippen molar-refractivity contribution in [3.63, 3.8) is 0 Å². The molecule has 6 heteroatoms. The third-order valence-electron chi connectivity index (χ3n) is 5.34. The SMILES string of the molecule is O=c1[nH]c(C2CCc3ccccc3C2)nc2cc(-c3ccc(Cl)c(Cl)c3)sc12. The van der Waals surface area contributed by atoms with Crippen LogP contribution in [0.15, 0.2) is 53.3 Å². The standard InChI is InChI=1S/C22H16Cl2N2OS/c23-16-8-7-14(10-17(16)24)19-11-18-20(28-19)22(27)26-21(25-18)15-6-5-12-3-1-2-4-13(12)9-15/h1-4,7-8,10-11,15H,5-6,9H2,(H,25,26,27). The van der Waals surface area contributed by atoms with Crippen LogP contribution in [0.1, 0.15) is 29.3 Å². The van der Waals surface area contributed by atoms with E-state index in [1.807, 2.05) is 18.2 Å². The predicted octanol–water partition coefficient (Wildman–Crippen LogP) is 6.23. The van der Waals surface area contributed by atoms with Crippen LogP contribution >= 0.6 is 34.5 Å². The molecule has 1 aliphatic carbocycles. The molecule has 0 spiro atoms. The third-order valence-corrected chi connectivity index (χ3v) is 7.25. The summed E-state index contributed by atoms with van der Waals surface area (Å²) in [6.45, 7) is 0. The molecule has 1 atom stereocenters. The molecule has 28 heavy (non-hydrogen) atoms. The van der Waals surface area contributed by atoms with Crippen molar-refractivity contribution in [2.24, 2.45) is 0 Å². The second-order valence-electron chi connectivity index (χ2n) is 7.11. The maximum Gasteiger partial charge on any atom is 0.268 e. The third kappa shape index (κ3) is 3.16. The topological polar surface area (TPSA) is 45.8 Å². The lowest BCUT2D eigenvalue weighted by Crippen LogP contribution is -2.19. The Bertz CT molecular complexity index is 1260. The second kappa shape index (κ2) is 7.03. The van der Waals surface area contributed by atoms with E-state index in [1.165, 1.54) is 22.5 Å². The molecule has 1 aliphatic rings. The maximum absolute atomic E-state index is 12.7. The van der Waals surface area contributed by atoms with E-state index < -0.39 is 0 Å². The molecule has 2 heterocycles. The summed E-state index contributed by atoms with van der Waals surface area (Å²) in [5, 5.41) is 1.02. The largest absolute Gasteiger partial charge is 0.309 e. The van der Waals surface area contributed by atoms with Gasteiger partial charge in [-0.25, -0.2) is 4.98 Å². The Labute approximate surface area is 176 Å². The highest BCUT2D eigenvalue weighted by Crippen LogP contribution is 2.36. The summed E-state index contributed by atoms with van der Waals surface area (Å²) in [6.07, 6.45) is 2.92. The van der Waals surface area contributed by atoms with Crippen LogP contribution in [0.5, 0.6) is 0 Å². The Hall–Kier alpha value is -2.14. The minimum absolute atomic E-state index is 0.0739. The normalized spacial score (nSPS) is 16.3. The molecule has 0 saturated carbocycles. The van der Waals surface area contributed by atoms with Gasteiger partial charge in [0, 0.05) is 10.8 Å². The van der Waals surface area contributed by atoms with Crippen molar-refractivity contribution in [1.29, 1.82) is 0 Å². The smallest absolute Gasteiger partial charge is 0.268 e. The number of nitrogens with one attached hydrogen (secondary N) is 1. The van der Waals surface area contributed by atoms with Crippen LogP contribution in [-0.2, 0) is 12.8 Å². The monoisotopic (exact) mass is 426 g/mol. The molecule has 0 radical (unpaired) electrons. The number of aryl methyl sites for hydroxylation is 1. The first-order valence-corrected chi connectivity index (χ1v) is 10.7. The number of aromatic amines is 1. The van der Waals surface area contributed by atoms with E-state index in [0.717, 1.165) is 41.0 Å². The Morgan fingerprint density at radius 1 is 1.04 bits per heavy atom. The molecule has 0 saturated heterocycles. The molecule has 3 nitrogen and oxygen atoms in total. The lowest BCUT2D eigenvalue weighted by Gasteiger charge is -2.23. The van der Waals surface area contributed by atoms with Crippen LogP contribution in [0.2, 0.25) is 10.0 Å². The molecule has 2 aromatic heterocycles. The van der Waals surface area contributed by atoms with Gasteiger partial charge in [0.15, 0.2) is 0 Å². The molecule has 140 valence electrons. The van der Waals surface area contributed by atoms with Gasteiger partial charge in [-0.2, -0.15) is 0 Å². The Morgan fingerprint density at radius 3 is 2.68 bits per heavy atom. The van der Waals surface area contributed by atoms with Gasteiger partial charge in [-0.3, -0.25) is 4.79 Å². The first-order chi connectivity index (χ1) is 13.6. The zero-order valence-electron chi connectivity index (χ0n) is 14.8. The van der Waals surface area contributed by atoms with E-state index in [9.17, 15) is 4.79 Å². The van der Waals surface area contributed by atoms with Crippen LogP contribution in [0, 0.1) is 0 Å². The summed E-state index contributed by atoms with van der Waals surface area (Å²) in [4.78, 5) is 21.5. The highest BCUT2D eigenvalue weighted by atomic mass is 35.5. The van der Waals surface area contributed by atoms with Crippen LogP contribution in [0.25, 0.3) is 20.7 Å². The van der Waals surface area contributed by atoms with Gasteiger partial charge in [-0.1, -0.05) is 53.5 Å². The number of rotatable bonds is 2. The number of H-pyrrole nitrogens is 1. The van der Waals surface area contributed by atoms with Crippen molar-refractivity contribution in [2.75, 3.05) is 0 Å². The van der Waals surface area contributed by atoms with Crippen molar-refractivity contribution in [1.82, 2.24) is 9.97 Å². The maximum atomic E-state index is 12.7. The minimum atomic E-state index is -0.0739. The number of halogens is 2. The van der Waals surface area contributed by atoms with Crippen LogP contribution < -0.4 is 5.56 Å². The quantitative estimate of drug-likeness (QED) is 0.412. The molecule has 1 unspecified atom stereocenters. The molecule has 0 fully saturated rings. The summed E-state index contributed by atoms with van der Waals surface area (Å²) >= 11 is 13.6. The number of thiophene rings is 1. The number of hydrogen-bond acceptors (Lipinski definition) is 3. The van der Waals surface area contributed by atoms with E-state index in [2.05, 4.69) is 29.2 Å². The number of hydrogen-bond donors (Lipinski definition) is 1. The minimum Gasteiger partial charge on any atom is -0.309 e. The number of fused-ring (bicyclic) bond motifs is 2. The Balaban J connectivity index is 1.54. The molecule has 0 aliphatic heterocycles. The fraction of sp³-hybridized carbons (Fsp3) is 0.182. The molecule has 5 rings (SSSR count). The lowest BCUT2D eigenvalue weighted by atomic mass is 9.83. The van der Waals surface area contributed by atoms with Crippen molar-refractivity contribution >= 4 is 44.8 Å². The van der Waals surface area contributed by atoms with Gasteiger partial charge in [0.25, 0.3) is 5.56 Å². The Kier molecular flexibility index (Phi) is 4.50.